The topological polar surface area (TPSA) is 43.6 Å². The molecule has 0 unspecified atom stereocenters. The van der Waals surface area contributed by atoms with Crippen molar-refractivity contribution in [3.8, 4) is 11.3 Å². The molecule has 0 bridgehead atoms. The van der Waals surface area contributed by atoms with Crippen LogP contribution in [0.15, 0.2) is 48.8 Å². The van der Waals surface area contributed by atoms with Crippen LogP contribution >= 0.6 is 0 Å². The molecule has 4 nitrogen and oxygen atoms in total. The van der Waals surface area contributed by atoms with E-state index in [2.05, 4.69) is 17.1 Å². The number of benzene rings is 1. The second-order valence-corrected chi connectivity index (χ2v) is 6.65. The van der Waals surface area contributed by atoms with E-state index in [9.17, 15) is 4.79 Å². The molecule has 0 atom stereocenters. The third-order valence-electron chi connectivity index (χ3n) is 3.49. The summed E-state index contributed by atoms with van der Waals surface area (Å²) in [4.78, 5) is 16.7. The van der Waals surface area contributed by atoms with Crippen LogP contribution in [0.5, 0.6) is 0 Å². The molecule has 2 aromatic heterocycles. The zero-order valence-electron chi connectivity index (χ0n) is 13.8. The summed E-state index contributed by atoms with van der Waals surface area (Å²) in [5, 5.41) is 0. The normalized spacial score (nSPS) is 11.7. The van der Waals surface area contributed by atoms with E-state index in [1.165, 1.54) is 5.56 Å². The van der Waals surface area contributed by atoms with Crippen molar-refractivity contribution in [2.75, 3.05) is 0 Å². The van der Waals surface area contributed by atoms with Crippen molar-refractivity contribution in [2.24, 2.45) is 0 Å². The Bertz CT molecular complexity index is 855. The van der Waals surface area contributed by atoms with Crippen molar-refractivity contribution in [1.29, 1.82) is 0 Å². The number of fused-ring (bicyclic) bond motifs is 1. The molecular weight excluding hydrogens is 288 g/mol. The predicted molar refractivity (Wildman–Crippen MR) is 90.5 cm³/mol. The van der Waals surface area contributed by atoms with Crippen molar-refractivity contribution in [1.82, 2.24) is 9.38 Å². The van der Waals surface area contributed by atoms with Crippen molar-refractivity contribution in [3.63, 3.8) is 0 Å². The molecular formula is C19H20N2O2. The Hall–Kier alpha value is -2.62. The number of ether oxygens (including phenoxy) is 1. The van der Waals surface area contributed by atoms with E-state index in [1.807, 2.05) is 56.5 Å². The summed E-state index contributed by atoms with van der Waals surface area (Å²) in [6, 6.07) is 11.8. The first-order chi connectivity index (χ1) is 10.8. The standard InChI is InChI=1S/C19H20N2O2/c1-13-5-7-14(8-6-13)16-11-15(18(22)23-19(2,3)4)12-17-20-9-10-21(16)17/h5-12H,1-4H3. The van der Waals surface area contributed by atoms with Gasteiger partial charge in [0, 0.05) is 12.4 Å². The van der Waals surface area contributed by atoms with Gasteiger partial charge in [0.2, 0.25) is 0 Å². The van der Waals surface area contributed by atoms with Gasteiger partial charge in [-0.1, -0.05) is 29.8 Å². The fourth-order valence-corrected chi connectivity index (χ4v) is 2.42. The molecule has 1 aromatic carbocycles. The summed E-state index contributed by atoms with van der Waals surface area (Å²) in [7, 11) is 0. The second kappa shape index (κ2) is 5.54. The highest BCUT2D eigenvalue weighted by molar-refractivity contribution is 5.92. The molecule has 0 saturated heterocycles. The van der Waals surface area contributed by atoms with Gasteiger partial charge in [0.1, 0.15) is 11.2 Å². The van der Waals surface area contributed by atoms with Crippen LogP contribution in [0.25, 0.3) is 16.9 Å². The van der Waals surface area contributed by atoms with Gasteiger partial charge >= 0.3 is 5.97 Å². The fourth-order valence-electron chi connectivity index (χ4n) is 2.42. The minimum Gasteiger partial charge on any atom is -0.456 e. The summed E-state index contributed by atoms with van der Waals surface area (Å²) >= 11 is 0. The molecule has 4 heteroatoms. The third-order valence-corrected chi connectivity index (χ3v) is 3.49. The second-order valence-electron chi connectivity index (χ2n) is 6.65. The van der Waals surface area contributed by atoms with E-state index in [4.69, 9.17) is 4.74 Å². The maximum atomic E-state index is 12.4. The van der Waals surface area contributed by atoms with E-state index in [0.717, 1.165) is 16.9 Å². The molecule has 0 fully saturated rings. The van der Waals surface area contributed by atoms with Gasteiger partial charge in [-0.3, -0.25) is 4.40 Å². The Morgan fingerprint density at radius 2 is 1.83 bits per heavy atom. The van der Waals surface area contributed by atoms with Crippen LogP contribution in [0.1, 0.15) is 36.7 Å². The lowest BCUT2D eigenvalue weighted by atomic mass is 10.1. The number of esters is 1. The Kier molecular flexibility index (Phi) is 3.68. The van der Waals surface area contributed by atoms with E-state index in [-0.39, 0.29) is 5.97 Å². The van der Waals surface area contributed by atoms with E-state index >= 15 is 0 Å². The lowest BCUT2D eigenvalue weighted by molar-refractivity contribution is 0.00696. The number of aryl methyl sites for hydroxylation is 1. The largest absolute Gasteiger partial charge is 0.456 e. The molecule has 0 saturated carbocycles. The van der Waals surface area contributed by atoms with Crippen LogP contribution in [0, 0.1) is 6.92 Å². The molecule has 2 heterocycles. The molecule has 3 aromatic rings. The van der Waals surface area contributed by atoms with Crippen LogP contribution in [0.4, 0.5) is 0 Å². The average Bonchev–Trinajstić information content (AvgIpc) is 2.93. The van der Waals surface area contributed by atoms with Gasteiger partial charge < -0.3 is 4.74 Å². The quantitative estimate of drug-likeness (QED) is 0.664. The first kappa shape index (κ1) is 15.3. The molecule has 0 radical (unpaired) electrons. The lowest BCUT2D eigenvalue weighted by Gasteiger charge is -2.20. The summed E-state index contributed by atoms with van der Waals surface area (Å²) in [5.74, 6) is -0.337. The van der Waals surface area contributed by atoms with Gasteiger partial charge in [0.05, 0.1) is 11.3 Å². The fraction of sp³-hybridized carbons (Fsp3) is 0.263. The van der Waals surface area contributed by atoms with Gasteiger partial charge in [0.25, 0.3) is 0 Å². The van der Waals surface area contributed by atoms with Crippen molar-refractivity contribution in [2.45, 2.75) is 33.3 Å². The third kappa shape index (κ3) is 3.26. The van der Waals surface area contributed by atoms with Crippen LogP contribution < -0.4 is 0 Å². The number of hydrogen-bond donors (Lipinski definition) is 0. The smallest absolute Gasteiger partial charge is 0.338 e. The molecule has 0 amide bonds. The molecule has 3 rings (SSSR count). The Balaban J connectivity index is 2.12. The highest BCUT2D eigenvalue weighted by Gasteiger charge is 2.19. The number of aromatic nitrogens is 2. The minimum atomic E-state index is -0.525. The monoisotopic (exact) mass is 308 g/mol. The zero-order valence-corrected chi connectivity index (χ0v) is 13.8. The molecule has 0 N–H and O–H groups in total. The average molecular weight is 308 g/mol. The minimum absolute atomic E-state index is 0.337. The number of rotatable bonds is 2. The predicted octanol–water partition coefficient (Wildman–Crippen LogP) is 4.27. The number of pyridine rings is 1. The van der Waals surface area contributed by atoms with Crippen LogP contribution in [-0.2, 0) is 4.74 Å². The van der Waals surface area contributed by atoms with E-state index < -0.39 is 5.60 Å². The van der Waals surface area contributed by atoms with Gasteiger partial charge in [-0.05, 0) is 45.4 Å². The molecule has 0 spiro atoms. The summed E-state index contributed by atoms with van der Waals surface area (Å²) in [6.45, 7) is 7.63. The Morgan fingerprint density at radius 3 is 2.48 bits per heavy atom. The molecule has 118 valence electrons. The first-order valence-electron chi connectivity index (χ1n) is 7.61. The van der Waals surface area contributed by atoms with Gasteiger partial charge in [-0.25, -0.2) is 9.78 Å². The molecule has 0 aliphatic carbocycles. The Labute approximate surface area is 135 Å². The number of carbonyl (C=O) groups is 1. The van der Waals surface area contributed by atoms with Crippen molar-refractivity contribution in [3.05, 3.63) is 59.9 Å². The SMILES string of the molecule is Cc1ccc(-c2cc(C(=O)OC(C)(C)C)cc3nccn23)cc1. The van der Waals surface area contributed by atoms with E-state index in [0.29, 0.717) is 5.56 Å². The lowest BCUT2D eigenvalue weighted by Crippen LogP contribution is -2.24. The van der Waals surface area contributed by atoms with Crippen molar-refractivity contribution < 1.29 is 9.53 Å². The highest BCUT2D eigenvalue weighted by atomic mass is 16.6. The first-order valence-corrected chi connectivity index (χ1v) is 7.61. The van der Waals surface area contributed by atoms with E-state index in [1.54, 1.807) is 12.3 Å². The maximum absolute atomic E-state index is 12.4. The summed E-state index contributed by atoms with van der Waals surface area (Å²) in [6.07, 6.45) is 3.62. The van der Waals surface area contributed by atoms with Crippen molar-refractivity contribution >= 4 is 11.6 Å². The Morgan fingerprint density at radius 1 is 1.13 bits per heavy atom. The molecule has 0 aliphatic heterocycles. The van der Waals surface area contributed by atoms with Gasteiger partial charge in [-0.2, -0.15) is 0 Å². The zero-order chi connectivity index (χ0) is 16.6. The van der Waals surface area contributed by atoms with Crippen LogP contribution in [0.2, 0.25) is 0 Å². The van der Waals surface area contributed by atoms with Gasteiger partial charge in [-0.15, -0.1) is 0 Å². The number of imidazole rings is 1. The summed E-state index contributed by atoms with van der Waals surface area (Å²) in [5.41, 5.74) is 3.85. The molecule has 23 heavy (non-hydrogen) atoms. The van der Waals surface area contributed by atoms with Crippen LogP contribution in [-0.4, -0.2) is 21.0 Å². The summed E-state index contributed by atoms with van der Waals surface area (Å²) < 4.78 is 7.45. The highest BCUT2D eigenvalue weighted by Crippen LogP contribution is 2.24. The maximum Gasteiger partial charge on any atom is 0.338 e. The van der Waals surface area contributed by atoms with Crippen LogP contribution in [0.3, 0.4) is 0 Å². The molecule has 0 aliphatic rings. The number of hydrogen-bond acceptors (Lipinski definition) is 3. The number of carbonyl (C=O) groups excluding carboxylic acids is 1. The van der Waals surface area contributed by atoms with Gasteiger partial charge in [0.15, 0.2) is 0 Å². The number of nitrogens with zero attached hydrogens (tertiary/aromatic N) is 2.